The van der Waals surface area contributed by atoms with Crippen molar-refractivity contribution in [2.45, 2.75) is 55.6 Å². The van der Waals surface area contributed by atoms with Crippen LogP contribution in [-0.4, -0.2) is 103 Å². The number of rotatable bonds is 11. The summed E-state index contributed by atoms with van der Waals surface area (Å²) in [5.41, 5.74) is 10.6. The maximum absolute atomic E-state index is 13.1. The molecule has 2 unspecified atom stereocenters. The number of nitrogens with zero attached hydrogens (tertiary/aromatic N) is 7. The largest absolute Gasteiger partial charge is 0.457 e. The second-order valence-corrected chi connectivity index (χ2v) is 16.3. The van der Waals surface area contributed by atoms with E-state index in [2.05, 4.69) is 35.8 Å². The Balaban J connectivity index is 0.753. The molecule has 2 aromatic heterocycles. The molecule has 3 N–H and O–H groups in total. The van der Waals surface area contributed by atoms with E-state index >= 15 is 0 Å². The van der Waals surface area contributed by atoms with Crippen molar-refractivity contribution in [3.05, 3.63) is 90.3 Å². The van der Waals surface area contributed by atoms with Gasteiger partial charge >= 0.3 is 0 Å². The van der Waals surface area contributed by atoms with Gasteiger partial charge in [-0.15, -0.1) is 11.8 Å². The molecule has 9 rings (SSSR count). The molecule has 3 fully saturated rings. The Hall–Kier alpha value is -5.31. The molecule has 3 aromatic carbocycles. The van der Waals surface area contributed by atoms with E-state index in [0.29, 0.717) is 30.3 Å². The van der Waals surface area contributed by atoms with Gasteiger partial charge in [-0.2, -0.15) is 5.10 Å². The van der Waals surface area contributed by atoms with Gasteiger partial charge in [-0.05, 0) is 98.3 Å². The number of para-hydroxylation sites is 1. The van der Waals surface area contributed by atoms with E-state index in [1.165, 1.54) is 12.7 Å². The number of carbonyl (C=O) groups excluding carboxylic acids is 3. The number of benzene rings is 3. The molecule has 56 heavy (non-hydrogen) atoms. The third-order valence-electron chi connectivity index (χ3n) is 11.6. The summed E-state index contributed by atoms with van der Waals surface area (Å²) in [5, 5.41) is 8.28. The van der Waals surface area contributed by atoms with Crippen LogP contribution < -0.4 is 15.8 Å². The predicted octanol–water partition coefficient (Wildman–Crippen LogP) is 5.38. The number of hydrogen-bond acceptors (Lipinski definition) is 11. The van der Waals surface area contributed by atoms with Crippen LogP contribution in [0.25, 0.3) is 22.3 Å². The second kappa shape index (κ2) is 15.7. The standard InChI is InChI=1S/C42H45N9O4S/c43-39-37-38(28-6-8-32(9-7-28)55-31-4-2-1-3-5-31)47-51(40(37)45-26-44-39)30-15-18-48(19-16-30)20-21-49-17-14-27(23-49)25-56-33-10-11-34-29(22-33)24-50(42(34)54)35-12-13-36(52)46-41(35)53/h1-11,22,26-27,30,35H,12-21,23-25H2,(H2,43,44,45)(H,46,52,53). The SMILES string of the molecule is Nc1ncnc2c1c(-c1ccc(Oc3ccccc3)cc1)nn2C1CCN(CCN2CCC(CSc3ccc4c(c3)CN(C3CCC(=O)NC3=O)C4=O)C2)CC1. The van der Waals surface area contributed by atoms with Crippen LogP contribution >= 0.6 is 11.8 Å². The summed E-state index contributed by atoms with van der Waals surface area (Å²) in [4.78, 5) is 54.0. The summed E-state index contributed by atoms with van der Waals surface area (Å²) < 4.78 is 8.08. The average molecular weight is 772 g/mol. The third kappa shape index (κ3) is 7.48. The van der Waals surface area contributed by atoms with Crippen LogP contribution in [0.5, 0.6) is 11.5 Å². The maximum Gasteiger partial charge on any atom is 0.255 e. The molecule has 288 valence electrons. The number of fused-ring (bicyclic) bond motifs is 2. The number of likely N-dealkylation sites (tertiary alicyclic amines) is 2. The fraction of sp³-hybridized carbons (Fsp3) is 0.381. The summed E-state index contributed by atoms with van der Waals surface area (Å²) in [7, 11) is 0. The quantitative estimate of drug-likeness (QED) is 0.132. The smallest absolute Gasteiger partial charge is 0.255 e. The van der Waals surface area contributed by atoms with Crippen molar-refractivity contribution in [3.8, 4) is 22.8 Å². The Bertz CT molecular complexity index is 2260. The number of piperidine rings is 2. The molecule has 2 atom stereocenters. The Morgan fingerprint density at radius 1 is 0.857 bits per heavy atom. The van der Waals surface area contributed by atoms with Crippen molar-refractivity contribution < 1.29 is 19.1 Å². The van der Waals surface area contributed by atoms with Crippen molar-refractivity contribution in [2.24, 2.45) is 5.92 Å². The first-order valence-corrected chi connectivity index (χ1v) is 20.5. The van der Waals surface area contributed by atoms with E-state index in [1.807, 2.05) is 78.5 Å². The molecule has 13 nitrogen and oxygen atoms in total. The number of nitrogens with two attached hydrogens (primary N) is 1. The Kier molecular flexibility index (Phi) is 10.2. The summed E-state index contributed by atoms with van der Waals surface area (Å²) in [5.74, 6) is 2.85. The Labute approximate surface area is 329 Å². The van der Waals surface area contributed by atoms with Gasteiger partial charge in [0.05, 0.1) is 11.4 Å². The molecule has 0 bridgehead atoms. The van der Waals surface area contributed by atoms with Crippen LogP contribution in [0.2, 0.25) is 0 Å². The Morgan fingerprint density at radius 2 is 1.62 bits per heavy atom. The molecular formula is C42H45N9O4S. The van der Waals surface area contributed by atoms with Crippen molar-refractivity contribution >= 4 is 46.3 Å². The minimum atomic E-state index is -0.587. The summed E-state index contributed by atoms with van der Waals surface area (Å²) in [6.45, 7) is 6.73. The molecule has 0 saturated carbocycles. The van der Waals surface area contributed by atoms with Crippen molar-refractivity contribution in [1.29, 1.82) is 0 Å². The highest BCUT2D eigenvalue weighted by molar-refractivity contribution is 7.99. The predicted molar refractivity (Wildman–Crippen MR) is 214 cm³/mol. The topological polar surface area (TPSA) is 152 Å². The van der Waals surface area contributed by atoms with E-state index in [1.54, 1.807) is 4.90 Å². The van der Waals surface area contributed by atoms with Gasteiger partial charge in [0.2, 0.25) is 11.8 Å². The van der Waals surface area contributed by atoms with Crippen molar-refractivity contribution in [1.82, 2.24) is 39.8 Å². The molecule has 3 amide bonds. The highest BCUT2D eigenvalue weighted by atomic mass is 32.2. The van der Waals surface area contributed by atoms with Crippen LogP contribution in [-0.2, 0) is 16.1 Å². The molecule has 4 aliphatic rings. The minimum absolute atomic E-state index is 0.127. The van der Waals surface area contributed by atoms with Gasteiger partial charge in [0, 0.05) is 67.5 Å². The van der Waals surface area contributed by atoms with Gasteiger partial charge in [0.15, 0.2) is 5.65 Å². The molecule has 3 saturated heterocycles. The van der Waals surface area contributed by atoms with Crippen molar-refractivity contribution in [2.75, 3.05) is 50.8 Å². The normalized spacial score (nSPS) is 20.9. The lowest BCUT2D eigenvalue weighted by Crippen LogP contribution is -2.52. The number of amides is 3. The van der Waals surface area contributed by atoms with Gasteiger partial charge in [-0.1, -0.05) is 18.2 Å². The van der Waals surface area contributed by atoms with E-state index in [-0.39, 0.29) is 30.2 Å². The van der Waals surface area contributed by atoms with E-state index < -0.39 is 6.04 Å². The molecule has 6 heterocycles. The van der Waals surface area contributed by atoms with E-state index in [9.17, 15) is 14.4 Å². The molecule has 14 heteroatoms. The van der Waals surface area contributed by atoms with Crippen LogP contribution in [0.1, 0.15) is 54.1 Å². The minimum Gasteiger partial charge on any atom is -0.457 e. The van der Waals surface area contributed by atoms with Gasteiger partial charge < -0.3 is 25.2 Å². The van der Waals surface area contributed by atoms with Crippen LogP contribution in [0, 0.1) is 5.92 Å². The zero-order valence-corrected chi connectivity index (χ0v) is 32.0. The first-order chi connectivity index (χ1) is 27.4. The second-order valence-electron chi connectivity index (χ2n) is 15.2. The van der Waals surface area contributed by atoms with E-state index in [0.717, 1.165) is 102 Å². The fourth-order valence-corrected chi connectivity index (χ4v) is 9.62. The first-order valence-electron chi connectivity index (χ1n) is 19.5. The van der Waals surface area contributed by atoms with Crippen LogP contribution in [0.4, 0.5) is 5.82 Å². The number of thioether (sulfide) groups is 1. The van der Waals surface area contributed by atoms with Crippen molar-refractivity contribution in [3.63, 3.8) is 0 Å². The maximum atomic E-state index is 13.1. The third-order valence-corrected chi connectivity index (χ3v) is 12.8. The first kappa shape index (κ1) is 36.3. The number of nitrogens with one attached hydrogen (secondary N) is 1. The fourth-order valence-electron chi connectivity index (χ4n) is 8.53. The number of carbonyl (C=O) groups is 3. The monoisotopic (exact) mass is 771 g/mol. The summed E-state index contributed by atoms with van der Waals surface area (Å²) in [6.07, 6.45) is 5.32. The lowest BCUT2D eigenvalue weighted by molar-refractivity contribution is -0.136. The van der Waals surface area contributed by atoms with Gasteiger partial charge in [0.25, 0.3) is 5.91 Å². The van der Waals surface area contributed by atoms with E-state index in [4.69, 9.17) is 15.6 Å². The molecular weight excluding hydrogens is 727 g/mol. The highest BCUT2D eigenvalue weighted by Crippen LogP contribution is 2.36. The number of nitrogen functional groups attached to an aromatic ring is 1. The molecule has 0 radical (unpaired) electrons. The van der Waals surface area contributed by atoms with Gasteiger partial charge in [-0.25, -0.2) is 14.6 Å². The number of anilines is 1. The number of aromatic nitrogens is 4. The van der Waals surface area contributed by atoms with Crippen LogP contribution in [0.15, 0.2) is 84.0 Å². The lowest BCUT2D eigenvalue weighted by atomic mass is 10.0. The molecule has 5 aromatic rings. The number of hydrogen-bond donors (Lipinski definition) is 2. The van der Waals surface area contributed by atoms with Crippen LogP contribution in [0.3, 0.4) is 0 Å². The average Bonchev–Trinajstić information content (AvgIpc) is 3.93. The molecule has 4 aliphatic heterocycles. The molecule has 0 spiro atoms. The number of imide groups is 1. The summed E-state index contributed by atoms with van der Waals surface area (Å²) >= 11 is 1.85. The van der Waals surface area contributed by atoms with Gasteiger partial charge in [-0.3, -0.25) is 19.7 Å². The number of ether oxygens (including phenoxy) is 1. The molecule has 0 aliphatic carbocycles. The zero-order chi connectivity index (χ0) is 38.2. The summed E-state index contributed by atoms with van der Waals surface area (Å²) in [6, 6.07) is 23.3. The lowest BCUT2D eigenvalue weighted by Gasteiger charge is -2.33. The van der Waals surface area contributed by atoms with Gasteiger partial charge in [0.1, 0.15) is 35.4 Å². The Morgan fingerprint density at radius 3 is 2.43 bits per heavy atom. The zero-order valence-electron chi connectivity index (χ0n) is 31.2. The highest BCUT2D eigenvalue weighted by Gasteiger charge is 2.39.